The molecule has 3 aliphatic heterocycles. The molecular formula is C16H28O7. The SMILES string of the molecule is CC(C)(O)C[C@]1(O)[C@@H]([C@H]2COC(C)(C)O2)O[C@@H]2OC(C)(C)O[C@@H]21. The standard InChI is InChI=1S/C16H28O7/c1-13(2,17)8-16(18)10(9-7-19-14(3,4)21-9)20-12-11(16)22-15(5,6)23-12/h9-12,17-18H,7-8H2,1-6H3/t9-,10-,11+,12-,16+/m1/s1. The molecule has 0 radical (unpaired) electrons. The third-order valence-corrected chi connectivity index (χ3v) is 4.41. The molecule has 134 valence electrons. The molecule has 3 heterocycles. The van der Waals surface area contributed by atoms with Crippen LogP contribution >= 0.6 is 0 Å². The maximum atomic E-state index is 11.4. The lowest BCUT2D eigenvalue weighted by Gasteiger charge is -2.39. The molecule has 0 amide bonds. The Morgan fingerprint density at radius 3 is 2.17 bits per heavy atom. The molecule has 0 aromatic carbocycles. The maximum absolute atomic E-state index is 11.4. The topological polar surface area (TPSA) is 86.6 Å². The Kier molecular flexibility index (Phi) is 3.90. The predicted molar refractivity (Wildman–Crippen MR) is 79.5 cm³/mol. The van der Waals surface area contributed by atoms with Crippen molar-refractivity contribution < 1.29 is 33.9 Å². The van der Waals surface area contributed by atoms with E-state index in [2.05, 4.69) is 0 Å². The average molecular weight is 332 g/mol. The van der Waals surface area contributed by atoms with Gasteiger partial charge in [0.15, 0.2) is 17.9 Å². The van der Waals surface area contributed by atoms with Crippen LogP contribution in [0.5, 0.6) is 0 Å². The Morgan fingerprint density at radius 1 is 1.00 bits per heavy atom. The van der Waals surface area contributed by atoms with E-state index in [1.165, 1.54) is 0 Å². The number of rotatable bonds is 3. The summed E-state index contributed by atoms with van der Waals surface area (Å²) < 4.78 is 29.0. The van der Waals surface area contributed by atoms with E-state index in [-0.39, 0.29) is 6.42 Å². The highest BCUT2D eigenvalue weighted by molar-refractivity contribution is 5.10. The van der Waals surface area contributed by atoms with Gasteiger partial charge in [0.25, 0.3) is 0 Å². The van der Waals surface area contributed by atoms with Crippen LogP contribution < -0.4 is 0 Å². The van der Waals surface area contributed by atoms with Crippen molar-refractivity contribution in [3.63, 3.8) is 0 Å². The first kappa shape index (κ1) is 17.5. The van der Waals surface area contributed by atoms with Crippen LogP contribution in [0.25, 0.3) is 0 Å². The van der Waals surface area contributed by atoms with Gasteiger partial charge in [-0.25, -0.2) is 0 Å². The Labute approximate surface area is 136 Å². The van der Waals surface area contributed by atoms with Crippen LogP contribution in [0, 0.1) is 0 Å². The molecule has 0 aromatic rings. The third-order valence-electron chi connectivity index (χ3n) is 4.41. The Morgan fingerprint density at radius 2 is 1.65 bits per heavy atom. The summed E-state index contributed by atoms with van der Waals surface area (Å²) in [6.45, 7) is 10.8. The van der Waals surface area contributed by atoms with Crippen LogP contribution in [-0.4, -0.2) is 64.2 Å². The number of hydrogen-bond acceptors (Lipinski definition) is 7. The van der Waals surface area contributed by atoms with E-state index < -0.39 is 47.4 Å². The summed E-state index contributed by atoms with van der Waals surface area (Å²) in [4.78, 5) is 0. The fourth-order valence-electron chi connectivity index (χ4n) is 3.76. The van der Waals surface area contributed by atoms with Crippen molar-refractivity contribution in [1.82, 2.24) is 0 Å². The molecule has 2 N–H and O–H groups in total. The summed E-state index contributed by atoms with van der Waals surface area (Å²) in [5, 5.41) is 21.7. The molecule has 3 aliphatic rings. The summed E-state index contributed by atoms with van der Waals surface area (Å²) in [7, 11) is 0. The molecule has 3 rings (SSSR count). The number of aliphatic hydroxyl groups is 2. The van der Waals surface area contributed by atoms with Gasteiger partial charge in [-0.15, -0.1) is 0 Å². The molecule has 5 atom stereocenters. The second kappa shape index (κ2) is 5.11. The van der Waals surface area contributed by atoms with Gasteiger partial charge in [0.1, 0.15) is 23.9 Å². The van der Waals surface area contributed by atoms with Crippen molar-refractivity contribution in [2.45, 2.75) is 95.3 Å². The molecule has 0 saturated carbocycles. The summed E-state index contributed by atoms with van der Waals surface area (Å²) >= 11 is 0. The van der Waals surface area contributed by atoms with Gasteiger partial charge in [0, 0.05) is 6.42 Å². The smallest absolute Gasteiger partial charge is 0.190 e. The lowest BCUT2D eigenvalue weighted by Crippen LogP contribution is -2.57. The van der Waals surface area contributed by atoms with Gasteiger partial charge < -0.3 is 33.9 Å². The predicted octanol–water partition coefficient (Wildman–Crippen LogP) is 0.906. The van der Waals surface area contributed by atoms with E-state index >= 15 is 0 Å². The minimum atomic E-state index is -1.44. The second-order valence-corrected chi connectivity index (χ2v) is 8.33. The van der Waals surface area contributed by atoms with E-state index in [4.69, 9.17) is 23.7 Å². The summed E-state index contributed by atoms with van der Waals surface area (Å²) in [5.41, 5.74) is -2.54. The third kappa shape index (κ3) is 3.28. The Hall–Kier alpha value is -0.280. The largest absolute Gasteiger partial charge is 0.390 e. The minimum Gasteiger partial charge on any atom is -0.390 e. The van der Waals surface area contributed by atoms with Crippen molar-refractivity contribution in [3.8, 4) is 0 Å². The van der Waals surface area contributed by atoms with E-state index in [9.17, 15) is 10.2 Å². The van der Waals surface area contributed by atoms with Gasteiger partial charge in [-0.05, 0) is 41.5 Å². The van der Waals surface area contributed by atoms with Crippen LogP contribution in [0.4, 0.5) is 0 Å². The molecule has 0 unspecified atom stereocenters. The number of fused-ring (bicyclic) bond motifs is 1. The Balaban J connectivity index is 1.87. The fourth-order valence-corrected chi connectivity index (χ4v) is 3.76. The van der Waals surface area contributed by atoms with Crippen LogP contribution in [0.15, 0.2) is 0 Å². The van der Waals surface area contributed by atoms with Gasteiger partial charge >= 0.3 is 0 Å². The van der Waals surface area contributed by atoms with Gasteiger partial charge in [-0.3, -0.25) is 0 Å². The van der Waals surface area contributed by atoms with Crippen LogP contribution in [-0.2, 0) is 23.7 Å². The highest BCUT2D eigenvalue weighted by Crippen LogP contribution is 2.48. The zero-order chi connectivity index (χ0) is 17.3. The molecule has 3 saturated heterocycles. The molecule has 0 spiro atoms. The molecule has 0 aliphatic carbocycles. The van der Waals surface area contributed by atoms with Gasteiger partial charge in [0.05, 0.1) is 12.2 Å². The summed E-state index contributed by atoms with van der Waals surface area (Å²) in [6.07, 6.45) is -2.48. The summed E-state index contributed by atoms with van der Waals surface area (Å²) in [5.74, 6) is -1.58. The highest BCUT2D eigenvalue weighted by Gasteiger charge is 2.66. The molecule has 7 nitrogen and oxygen atoms in total. The van der Waals surface area contributed by atoms with Crippen LogP contribution in [0.2, 0.25) is 0 Å². The van der Waals surface area contributed by atoms with Crippen LogP contribution in [0.1, 0.15) is 48.0 Å². The number of ether oxygens (including phenoxy) is 5. The number of hydrogen-bond donors (Lipinski definition) is 2. The van der Waals surface area contributed by atoms with Gasteiger partial charge in [-0.2, -0.15) is 0 Å². The first-order chi connectivity index (χ1) is 10.3. The molecule has 0 aromatic heterocycles. The van der Waals surface area contributed by atoms with Crippen LogP contribution in [0.3, 0.4) is 0 Å². The van der Waals surface area contributed by atoms with Crippen molar-refractivity contribution in [2.75, 3.05) is 6.61 Å². The maximum Gasteiger partial charge on any atom is 0.190 e. The normalized spacial score (nSPS) is 45.4. The van der Waals surface area contributed by atoms with Crippen molar-refractivity contribution >= 4 is 0 Å². The molecule has 7 heteroatoms. The van der Waals surface area contributed by atoms with Crippen molar-refractivity contribution in [3.05, 3.63) is 0 Å². The quantitative estimate of drug-likeness (QED) is 0.794. The lowest BCUT2D eigenvalue weighted by atomic mass is 9.80. The second-order valence-electron chi connectivity index (χ2n) is 8.33. The molecule has 23 heavy (non-hydrogen) atoms. The van der Waals surface area contributed by atoms with Gasteiger partial charge in [0.2, 0.25) is 0 Å². The first-order valence-corrected chi connectivity index (χ1v) is 8.09. The fraction of sp³-hybridized carbons (Fsp3) is 1.00. The Bertz CT molecular complexity index is 470. The molecule has 3 fully saturated rings. The molecular weight excluding hydrogens is 304 g/mol. The minimum absolute atomic E-state index is 0.0750. The first-order valence-electron chi connectivity index (χ1n) is 8.09. The molecule has 0 bridgehead atoms. The van der Waals surface area contributed by atoms with Crippen molar-refractivity contribution in [1.29, 1.82) is 0 Å². The summed E-state index contributed by atoms with van der Waals surface area (Å²) in [6, 6.07) is 0. The van der Waals surface area contributed by atoms with Crippen molar-refractivity contribution in [2.24, 2.45) is 0 Å². The zero-order valence-corrected chi connectivity index (χ0v) is 14.7. The lowest BCUT2D eigenvalue weighted by molar-refractivity contribution is -0.253. The van der Waals surface area contributed by atoms with Gasteiger partial charge in [-0.1, -0.05) is 0 Å². The van der Waals surface area contributed by atoms with E-state index in [0.29, 0.717) is 6.61 Å². The van der Waals surface area contributed by atoms with E-state index in [1.807, 2.05) is 13.8 Å². The monoisotopic (exact) mass is 332 g/mol. The average Bonchev–Trinajstić information content (AvgIpc) is 2.89. The highest BCUT2D eigenvalue weighted by atomic mass is 16.8. The van der Waals surface area contributed by atoms with E-state index in [1.54, 1.807) is 27.7 Å². The zero-order valence-electron chi connectivity index (χ0n) is 14.7. The van der Waals surface area contributed by atoms with E-state index in [0.717, 1.165) is 0 Å².